The summed E-state index contributed by atoms with van der Waals surface area (Å²) in [7, 11) is 1.95. The highest BCUT2D eigenvalue weighted by molar-refractivity contribution is 6.35. The molecule has 5 aromatic rings. The molecule has 6 rings (SSSR count). The summed E-state index contributed by atoms with van der Waals surface area (Å²) in [5, 5.41) is 12.4. The summed E-state index contributed by atoms with van der Waals surface area (Å²) in [5.41, 5.74) is 2.88. The molecule has 1 aliphatic heterocycles. The summed E-state index contributed by atoms with van der Waals surface area (Å²) < 4.78 is 16.6. The lowest BCUT2D eigenvalue weighted by molar-refractivity contribution is 0.302. The van der Waals surface area contributed by atoms with Gasteiger partial charge in [-0.1, -0.05) is 23.7 Å². The molecule has 4 heterocycles. The van der Waals surface area contributed by atoms with E-state index in [1.807, 2.05) is 31.0 Å². The van der Waals surface area contributed by atoms with Crippen LogP contribution in [0, 0.1) is 12.7 Å². The Morgan fingerprint density at radius 3 is 2.72 bits per heavy atom. The van der Waals surface area contributed by atoms with Crippen LogP contribution in [0.4, 0.5) is 10.2 Å². The fourth-order valence-corrected chi connectivity index (χ4v) is 5.57. The number of benzene rings is 2. The highest BCUT2D eigenvalue weighted by Crippen LogP contribution is 2.41. The van der Waals surface area contributed by atoms with E-state index in [4.69, 9.17) is 21.6 Å². The van der Waals surface area contributed by atoms with E-state index < -0.39 is 5.82 Å². The molecule has 0 aliphatic carbocycles. The van der Waals surface area contributed by atoms with Gasteiger partial charge in [-0.25, -0.2) is 24.3 Å². The maximum atomic E-state index is 16.6. The van der Waals surface area contributed by atoms with Crippen LogP contribution in [0.3, 0.4) is 0 Å². The van der Waals surface area contributed by atoms with E-state index in [1.54, 1.807) is 30.7 Å². The van der Waals surface area contributed by atoms with E-state index in [-0.39, 0.29) is 11.6 Å². The van der Waals surface area contributed by atoms with E-state index in [0.717, 1.165) is 36.1 Å². The van der Waals surface area contributed by atoms with Crippen LogP contribution in [-0.2, 0) is 13.1 Å². The second-order valence-electron chi connectivity index (χ2n) is 10.1. The molecule has 0 saturated carbocycles. The number of piperazine rings is 1. The molecule has 39 heavy (non-hydrogen) atoms. The normalized spacial score (nSPS) is 16.1. The molecule has 1 saturated heterocycles. The maximum absolute atomic E-state index is 16.6. The van der Waals surface area contributed by atoms with Gasteiger partial charge in [-0.15, -0.1) is 0 Å². The number of aromatic nitrogens is 6. The lowest BCUT2D eigenvalue weighted by atomic mass is 9.96. The maximum Gasteiger partial charge on any atom is 0.159 e. The van der Waals surface area contributed by atoms with E-state index in [9.17, 15) is 0 Å². The number of anilines is 1. The molecule has 1 aliphatic rings. The SMILES string of the molecule is Cc1ccc2cn[nH]c2c1-c1c(Cl)cc2c(N3CCN[C@H](C)C3)nc(CN(C)Cc3ncccn3)nc2c1F. The van der Waals surface area contributed by atoms with Gasteiger partial charge in [0.05, 0.1) is 29.8 Å². The molecule has 9 nitrogen and oxygen atoms in total. The lowest BCUT2D eigenvalue weighted by Crippen LogP contribution is -2.49. The van der Waals surface area contributed by atoms with Crippen molar-refractivity contribution >= 4 is 39.2 Å². The van der Waals surface area contributed by atoms with Crippen molar-refractivity contribution in [2.24, 2.45) is 0 Å². The molecule has 2 N–H and O–H groups in total. The minimum absolute atomic E-state index is 0.251. The zero-order valence-corrected chi connectivity index (χ0v) is 22.8. The quantitative estimate of drug-likeness (QED) is 0.322. The molecular formula is C28H29ClFN9. The smallest absolute Gasteiger partial charge is 0.159 e. The Morgan fingerprint density at radius 2 is 1.92 bits per heavy atom. The second kappa shape index (κ2) is 10.4. The molecule has 3 aromatic heterocycles. The summed E-state index contributed by atoms with van der Waals surface area (Å²) in [6.07, 6.45) is 5.16. The van der Waals surface area contributed by atoms with Gasteiger partial charge < -0.3 is 10.2 Å². The standard InChI is InChI=1S/C28H29ClFN9/c1-16-5-6-18-12-34-37-26(18)23(16)24-20(29)11-19-27(25(24)30)35-22(15-38(3)14-21-32-7-4-8-33-21)36-28(19)39-10-9-31-17(2)13-39/h4-8,11-12,17,31H,9-10,13-15H2,1-3H3,(H,34,37)/t17-/m1/s1. The van der Waals surface area contributed by atoms with Crippen LogP contribution in [0.25, 0.3) is 32.9 Å². The summed E-state index contributed by atoms with van der Waals surface area (Å²) in [5.74, 6) is 1.44. The van der Waals surface area contributed by atoms with Crippen molar-refractivity contribution in [3.63, 3.8) is 0 Å². The highest BCUT2D eigenvalue weighted by Gasteiger charge is 2.26. The van der Waals surface area contributed by atoms with Crippen LogP contribution < -0.4 is 10.2 Å². The molecular weight excluding hydrogens is 517 g/mol. The third-order valence-corrected chi connectivity index (χ3v) is 7.39. The monoisotopic (exact) mass is 545 g/mol. The predicted molar refractivity (Wildman–Crippen MR) is 151 cm³/mol. The second-order valence-corrected chi connectivity index (χ2v) is 10.5. The first-order chi connectivity index (χ1) is 18.9. The van der Waals surface area contributed by atoms with Gasteiger partial charge >= 0.3 is 0 Å². The molecule has 2 aromatic carbocycles. The molecule has 0 spiro atoms. The summed E-state index contributed by atoms with van der Waals surface area (Å²) in [6, 6.07) is 7.77. The Bertz CT molecular complexity index is 1660. The number of halogens is 2. The van der Waals surface area contributed by atoms with Crippen molar-refractivity contribution < 1.29 is 4.39 Å². The first-order valence-corrected chi connectivity index (χ1v) is 13.3. The summed E-state index contributed by atoms with van der Waals surface area (Å²) in [6.45, 7) is 7.28. The first kappa shape index (κ1) is 25.5. The largest absolute Gasteiger partial charge is 0.353 e. The minimum atomic E-state index is -0.468. The number of aromatic amines is 1. The zero-order valence-electron chi connectivity index (χ0n) is 22.0. The summed E-state index contributed by atoms with van der Waals surface area (Å²) >= 11 is 6.85. The third kappa shape index (κ3) is 4.91. The Balaban J connectivity index is 1.51. The molecule has 1 fully saturated rings. The van der Waals surface area contributed by atoms with Gasteiger partial charge in [0.1, 0.15) is 23.0 Å². The van der Waals surface area contributed by atoms with Gasteiger partial charge in [0.2, 0.25) is 0 Å². The van der Waals surface area contributed by atoms with Crippen LogP contribution >= 0.6 is 11.6 Å². The van der Waals surface area contributed by atoms with Crippen LogP contribution in [0.1, 0.15) is 24.1 Å². The average molecular weight is 546 g/mol. The Hall–Kier alpha value is -3.73. The summed E-state index contributed by atoms with van der Waals surface area (Å²) in [4.78, 5) is 22.5. The minimum Gasteiger partial charge on any atom is -0.353 e. The Kier molecular flexibility index (Phi) is 6.84. The molecule has 0 unspecified atom stereocenters. The Labute approximate surface area is 230 Å². The van der Waals surface area contributed by atoms with E-state index in [1.165, 1.54) is 0 Å². The van der Waals surface area contributed by atoms with Crippen molar-refractivity contribution in [2.45, 2.75) is 33.0 Å². The molecule has 0 bridgehead atoms. The van der Waals surface area contributed by atoms with Gasteiger partial charge in [0, 0.05) is 60.0 Å². The highest BCUT2D eigenvalue weighted by atomic mass is 35.5. The average Bonchev–Trinajstić information content (AvgIpc) is 3.39. The van der Waals surface area contributed by atoms with Crippen molar-refractivity contribution in [1.82, 2.24) is 40.3 Å². The molecule has 11 heteroatoms. The van der Waals surface area contributed by atoms with Gasteiger partial charge in [0.15, 0.2) is 5.82 Å². The first-order valence-electron chi connectivity index (χ1n) is 12.9. The molecule has 1 atom stereocenters. The lowest BCUT2D eigenvalue weighted by Gasteiger charge is -2.33. The molecule has 0 amide bonds. The van der Waals surface area contributed by atoms with Crippen LogP contribution in [0.2, 0.25) is 5.02 Å². The van der Waals surface area contributed by atoms with Crippen molar-refractivity contribution in [2.75, 3.05) is 31.6 Å². The fraction of sp³-hybridized carbons (Fsp3) is 0.321. The van der Waals surface area contributed by atoms with Crippen molar-refractivity contribution in [3.05, 3.63) is 70.9 Å². The van der Waals surface area contributed by atoms with Crippen LogP contribution in [0.5, 0.6) is 0 Å². The third-order valence-electron chi connectivity index (χ3n) is 7.10. The van der Waals surface area contributed by atoms with E-state index >= 15 is 4.39 Å². The van der Waals surface area contributed by atoms with Gasteiger partial charge in [-0.3, -0.25) is 10.00 Å². The van der Waals surface area contributed by atoms with Crippen LogP contribution in [-0.4, -0.2) is 67.8 Å². The van der Waals surface area contributed by atoms with Gasteiger partial charge in [-0.05, 0) is 38.6 Å². The van der Waals surface area contributed by atoms with Gasteiger partial charge in [-0.2, -0.15) is 5.10 Å². The topological polar surface area (TPSA) is 98.8 Å². The van der Waals surface area contributed by atoms with Crippen molar-refractivity contribution in [3.8, 4) is 11.1 Å². The number of aryl methyl sites for hydroxylation is 1. The fourth-order valence-electron chi connectivity index (χ4n) is 5.28. The number of fused-ring (bicyclic) bond motifs is 2. The van der Waals surface area contributed by atoms with Gasteiger partial charge in [0.25, 0.3) is 0 Å². The number of nitrogens with zero attached hydrogens (tertiary/aromatic N) is 7. The molecule has 0 radical (unpaired) electrons. The predicted octanol–water partition coefficient (Wildman–Crippen LogP) is 4.49. The van der Waals surface area contributed by atoms with Crippen LogP contribution in [0.15, 0.2) is 42.9 Å². The number of hydrogen-bond acceptors (Lipinski definition) is 8. The number of H-pyrrole nitrogens is 1. The number of rotatable bonds is 6. The zero-order chi connectivity index (χ0) is 27.1. The molecule has 200 valence electrons. The number of nitrogens with one attached hydrogen (secondary N) is 2. The van der Waals surface area contributed by atoms with E-state index in [2.05, 4.69) is 37.3 Å². The number of hydrogen-bond donors (Lipinski definition) is 2. The Morgan fingerprint density at radius 1 is 1.13 bits per heavy atom. The van der Waals surface area contributed by atoms with Crippen molar-refractivity contribution in [1.29, 1.82) is 0 Å². The van der Waals surface area contributed by atoms with E-state index in [0.29, 0.717) is 52.1 Å².